The fourth-order valence-electron chi connectivity index (χ4n) is 7.00. The molecule has 2 atom stereocenters. The van der Waals surface area contributed by atoms with Crippen LogP contribution in [0.4, 0.5) is 44.2 Å². The van der Waals surface area contributed by atoms with Gasteiger partial charge in [-0.1, -0.05) is 32.9 Å². The molecule has 4 bridgehead atoms. The summed E-state index contributed by atoms with van der Waals surface area (Å²) in [6.07, 6.45) is 5.33. The van der Waals surface area contributed by atoms with Crippen molar-refractivity contribution >= 4 is 58.5 Å². The Labute approximate surface area is 332 Å². The van der Waals surface area contributed by atoms with Crippen molar-refractivity contribution in [2.75, 3.05) is 56.4 Å². The Balaban J connectivity index is 0.000000174. The second kappa shape index (κ2) is 16.5. The van der Waals surface area contributed by atoms with Crippen LogP contribution < -0.4 is 36.0 Å². The van der Waals surface area contributed by atoms with E-state index < -0.39 is 5.97 Å². The molecule has 4 aliphatic rings. The quantitative estimate of drug-likeness (QED) is 0.166. The van der Waals surface area contributed by atoms with E-state index in [-0.39, 0.29) is 46.6 Å². The Morgan fingerprint density at radius 3 is 1.54 bits per heavy atom. The molecular formula is C41H51N11O5. The highest BCUT2D eigenvalue weighted by atomic mass is 16.4. The van der Waals surface area contributed by atoms with Crippen molar-refractivity contribution < 1.29 is 24.3 Å². The summed E-state index contributed by atoms with van der Waals surface area (Å²) in [4.78, 5) is 74.5. The van der Waals surface area contributed by atoms with Gasteiger partial charge in [0.05, 0.1) is 23.5 Å². The van der Waals surface area contributed by atoms with E-state index >= 15 is 0 Å². The maximum Gasteiger partial charge on any atom is 0.354 e. The minimum absolute atomic E-state index is 0. The van der Waals surface area contributed by atoms with Gasteiger partial charge in [-0.25, -0.2) is 34.3 Å². The van der Waals surface area contributed by atoms with Crippen LogP contribution in [0.2, 0.25) is 0 Å². The number of hydrogen-bond donors (Lipinski definition) is 4. The van der Waals surface area contributed by atoms with Crippen LogP contribution in [0.25, 0.3) is 0 Å². The lowest BCUT2D eigenvalue weighted by atomic mass is 9.89. The predicted molar refractivity (Wildman–Crippen MR) is 220 cm³/mol. The summed E-state index contributed by atoms with van der Waals surface area (Å²) in [5.41, 5.74) is 7.25. The third-order valence-electron chi connectivity index (χ3n) is 9.34. The van der Waals surface area contributed by atoms with E-state index in [2.05, 4.69) is 40.4 Å². The van der Waals surface area contributed by atoms with Crippen LogP contribution in [0.3, 0.4) is 0 Å². The number of fused-ring (bicyclic) bond motifs is 8. The van der Waals surface area contributed by atoms with Crippen molar-refractivity contribution in [3.8, 4) is 0 Å². The SMILES string of the molecule is CC(C)(C)CC(=O)c1ccc2c(n1)N(C(=O)Nc1ccccn1)[C@H]1CCN2C1.CC(C)(C)N.O=C(O)c1ccc2c(n1)N(C(=O)Nc1ccccn1)[C@H]1CCN2C1. The number of amides is 4. The highest BCUT2D eigenvalue weighted by Gasteiger charge is 2.42. The number of carbonyl (C=O) groups is 4. The Kier molecular flexibility index (Phi) is 11.7. The van der Waals surface area contributed by atoms with Crippen LogP contribution in [0.1, 0.15) is 81.8 Å². The molecule has 0 aliphatic carbocycles. The fraction of sp³-hybridized carbons (Fsp3) is 0.415. The summed E-state index contributed by atoms with van der Waals surface area (Å²) < 4.78 is 0. The number of carboxylic acids is 1. The molecule has 4 amide bonds. The molecule has 16 nitrogen and oxygen atoms in total. The predicted octanol–water partition coefficient (Wildman–Crippen LogP) is 6.28. The van der Waals surface area contributed by atoms with Gasteiger partial charge in [-0.15, -0.1) is 0 Å². The van der Waals surface area contributed by atoms with Crippen molar-refractivity contribution in [1.82, 2.24) is 19.9 Å². The number of Topliss-reactive ketones (excluding diaryl/α,β-unsaturated/α-hetero) is 1. The molecule has 0 aromatic carbocycles. The molecule has 57 heavy (non-hydrogen) atoms. The summed E-state index contributed by atoms with van der Waals surface area (Å²) in [6.45, 7) is 15.2. The van der Waals surface area contributed by atoms with Gasteiger partial charge in [0.2, 0.25) is 0 Å². The average Bonchev–Trinajstić information content (AvgIpc) is 3.76. The zero-order valence-corrected chi connectivity index (χ0v) is 33.3. The number of aromatic nitrogens is 4. The molecule has 2 fully saturated rings. The highest BCUT2D eigenvalue weighted by Crippen LogP contribution is 2.40. The van der Waals surface area contributed by atoms with Crippen LogP contribution in [0, 0.1) is 5.41 Å². The lowest BCUT2D eigenvalue weighted by Crippen LogP contribution is -2.48. The van der Waals surface area contributed by atoms with Crippen LogP contribution in [0.5, 0.6) is 0 Å². The Morgan fingerprint density at radius 2 is 1.14 bits per heavy atom. The van der Waals surface area contributed by atoms with Gasteiger partial charge >= 0.3 is 18.0 Å². The van der Waals surface area contributed by atoms with Crippen LogP contribution in [-0.2, 0) is 0 Å². The van der Waals surface area contributed by atoms with Gasteiger partial charge in [0.15, 0.2) is 23.1 Å². The molecule has 0 saturated carbocycles. The number of nitrogens with one attached hydrogen (secondary N) is 2. The van der Waals surface area contributed by atoms with Crippen LogP contribution in [-0.4, -0.2) is 92.7 Å². The standard InChI is InChI=1S/C21H25N5O2.C16H15N5O3.C4H11N/c1-21(2,3)12-17(27)15-7-8-16-19(23-15)26(14-9-11-25(16)13-14)20(28)24-18-6-4-5-10-22-18;22-15(23)11-4-5-12-14(18-11)21(10-6-8-20(12)9-10)16(24)19-13-3-1-2-7-17-13;1-4(2,3)5/h4-8,10,14H,9,11-13H2,1-3H3,(H,22,24,28);1-5,7,10H,6,8-9H2,(H,22,23)(H,17,19,24);5H2,1-3H3/t14-;10-;/m00./s1. The number of carbonyl (C=O) groups excluding carboxylic acids is 3. The maximum absolute atomic E-state index is 13.1. The number of carboxylic acid groups (broad SMARTS) is 1. The first-order valence-corrected chi connectivity index (χ1v) is 19.0. The zero-order valence-electron chi connectivity index (χ0n) is 33.3. The monoisotopic (exact) mass is 777 g/mol. The largest absolute Gasteiger partial charge is 0.477 e. The number of pyridine rings is 4. The molecule has 8 rings (SSSR count). The van der Waals surface area contributed by atoms with E-state index in [1.165, 1.54) is 6.07 Å². The smallest absolute Gasteiger partial charge is 0.354 e. The number of anilines is 6. The van der Waals surface area contributed by atoms with E-state index in [0.717, 1.165) is 50.4 Å². The Hall–Kier alpha value is -6.16. The zero-order chi connectivity index (χ0) is 41.1. The molecule has 4 aromatic rings. The number of aromatic carboxylic acids is 1. The van der Waals surface area contributed by atoms with E-state index in [1.54, 1.807) is 64.7 Å². The molecule has 0 spiro atoms. The molecule has 4 aliphatic heterocycles. The minimum Gasteiger partial charge on any atom is -0.477 e. The third-order valence-corrected chi connectivity index (χ3v) is 9.34. The van der Waals surface area contributed by atoms with Gasteiger partial charge in [0, 0.05) is 50.5 Å². The first-order chi connectivity index (χ1) is 26.9. The van der Waals surface area contributed by atoms with Gasteiger partial charge < -0.3 is 20.6 Å². The molecular weight excluding hydrogens is 727 g/mol. The molecule has 0 unspecified atom stereocenters. The van der Waals surface area contributed by atoms with E-state index in [0.29, 0.717) is 35.4 Å². The average molecular weight is 778 g/mol. The van der Waals surface area contributed by atoms with Gasteiger partial charge in [-0.3, -0.25) is 25.2 Å². The molecule has 16 heteroatoms. The Bertz CT molecular complexity index is 2100. The number of ketones is 1. The lowest BCUT2D eigenvalue weighted by Gasteiger charge is -2.35. The number of hydrogen-bond acceptors (Lipinski definition) is 11. The highest BCUT2D eigenvalue weighted by molar-refractivity contribution is 6.06. The van der Waals surface area contributed by atoms with Crippen molar-refractivity contribution in [3.05, 3.63) is 84.4 Å². The summed E-state index contributed by atoms with van der Waals surface area (Å²) in [7, 11) is 0. The van der Waals surface area contributed by atoms with Crippen molar-refractivity contribution in [1.29, 1.82) is 0 Å². The van der Waals surface area contributed by atoms with E-state index in [4.69, 9.17) is 5.73 Å². The molecule has 0 radical (unpaired) electrons. The maximum atomic E-state index is 13.1. The van der Waals surface area contributed by atoms with Crippen molar-refractivity contribution in [3.63, 3.8) is 0 Å². The van der Waals surface area contributed by atoms with Crippen molar-refractivity contribution in [2.24, 2.45) is 11.1 Å². The lowest BCUT2D eigenvalue weighted by molar-refractivity contribution is 0.0690. The molecule has 5 N–H and O–H groups in total. The normalized spacial score (nSPS) is 17.6. The second-order valence-corrected chi connectivity index (χ2v) is 16.7. The molecule has 4 aromatic heterocycles. The third kappa shape index (κ3) is 9.99. The molecule has 300 valence electrons. The van der Waals surface area contributed by atoms with Crippen LogP contribution in [0.15, 0.2) is 73.1 Å². The van der Waals surface area contributed by atoms with Crippen molar-refractivity contribution in [2.45, 2.75) is 78.4 Å². The number of nitrogens with two attached hydrogens (primary N) is 1. The molecule has 8 heterocycles. The fourth-order valence-corrected chi connectivity index (χ4v) is 7.00. The molecule has 2 saturated heterocycles. The van der Waals surface area contributed by atoms with Gasteiger partial charge in [0.25, 0.3) is 0 Å². The van der Waals surface area contributed by atoms with Gasteiger partial charge in [-0.05, 0) is 87.6 Å². The number of nitrogens with zero attached hydrogens (tertiary/aromatic N) is 8. The Morgan fingerprint density at radius 1 is 0.702 bits per heavy atom. The van der Waals surface area contributed by atoms with Crippen LogP contribution >= 0.6 is 0 Å². The van der Waals surface area contributed by atoms with Gasteiger partial charge in [-0.2, -0.15) is 0 Å². The number of rotatable bonds is 5. The van der Waals surface area contributed by atoms with Gasteiger partial charge in [0.1, 0.15) is 17.3 Å². The summed E-state index contributed by atoms with van der Waals surface area (Å²) >= 11 is 0. The first kappa shape index (κ1) is 40.5. The summed E-state index contributed by atoms with van der Waals surface area (Å²) in [5, 5.41) is 14.8. The second-order valence-electron chi connectivity index (χ2n) is 16.7. The van der Waals surface area contributed by atoms with E-state index in [1.807, 2.05) is 53.7 Å². The first-order valence-electron chi connectivity index (χ1n) is 19.0. The minimum atomic E-state index is -1.11. The summed E-state index contributed by atoms with van der Waals surface area (Å²) in [6, 6.07) is 16.9. The summed E-state index contributed by atoms with van der Waals surface area (Å²) in [5.74, 6) is 0.761. The number of urea groups is 2. The van der Waals surface area contributed by atoms with E-state index in [9.17, 15) is 24.3 Å². The topological polar surface area (TPSA) is 203 Å².